The van der Waals surface area contributed by atoms with Gasteiger partial charge in [-0.3, -0.25) is 9.59 Å². The van der Waals surface area contributed by atoms with Gasteiger partial charge in [-0.25, -0.2) is 12.7 Å². The van der Waals surface area contributed by atoms with Gasteiger partial charge in [-0.1, -0.05) is 12.1 Å². The number of anilines is 1. The van der Waals surface area contributed by atoms with E-state index in [0.717, 1.165) is 9.18 Å². The van der Waals surface area contributed by atoms with Crippen molar-refractivity contribution in [2.75, 3.05) is 10.1 Å². The lowest BCUT2D eigenvalue weighted by atomic mass is 9.95. The first-order valence-electron chi connectivity index (χ1n) is 7.69. The number of thiophene rings is 1. The van der Waals surface area contributed by atoms with Gasteiger partial charge in [0.15, 0.2) is 0 Å². The molecule has 2 heterocycles. The van der Waals surface area contributed by atoms with E-state index in [-0.39, 0.29) is 17.3 Å². The molecule has 6 nitrogen and oxygen atoms in total. The van der Waals surface area contributed by atoms with E-state index in [9.17, 15) is 18.0 Å². The topological polar surface area (TPSA) is 83.6 Å². The van der Waals surface area contributed by atoms with E-state index in [1.54, 1.807) is 26.0 Å². The van der Waals surface area contributed by atoms with Crippen LogP contribution in [0.3, 0.4) is 0 Å². The summed E-state index contributed by atoms with van der Waals surface area (Å²) in [4.78, 5) is 25.8. The second-order valence-electron chi connectivity index (χ2n) is 6.52. The molecule has 1 N–H and O–H groups in total. The quantitative estimate of drug-likeness (QED) is 0.885. The molecule has 2 amide bonds. The predicted molar refractivity (Wildman–Crippen MR) is 97.0 cm³/mol. The monoisotopic (exact) mass is 378 g/mol. The fourth-order valence-corrected chi connectivity index (χ4v) is 5.46. The van der Waals surface area contributed by atoms with Crippen molar-refractivity contribution in [2.45, 2.75) is 20.4 Å². The number of sulfonamides is 1. The van der Waals surface area contributed by atoms with Gasteiger partial charge in [-0.2, -0.15) is 0 Å². The van der Waals surface area contributed by atoms with Crippen molar-refractivity contribution < 1.29 is 18.0 Å². The van der Waals surface area contributed by atoms with Crippen LogP contribution in [0.25, 0.3) is 0 Å². The average Bonchev–Trinajstić information content (AvgIpc) is 3.10. The number of rotatable bonds is 4. The highest BCUT2D eigenvalue weighted by atomic mass is 32.2. The summed E-state index contributed by atoms with van der Waals surface area (Å²) in [5.41, 5.74) is -0.475. The van der Waals surface area contributed by atoms with E-state index in [1.165, 1.54) is 23.5 Å². The normalized spacial score (nSPS) is 18.3. The van der Waals surface area contributed by atoms with E-state index < -0.39 is 21.3 Å². The number of benzene rings is 1. The molecule has 0 bridgehead atoms. The lowest BCUT2D eigenvalue weighted by molar-refractivity contribution is -0.123. The molecule has 25 heavy (non-hydrogen) atoms. The summed E-state index contributed by atoms with van der Waals surface area (Å²) in [5.74, 6) is -1.05. The van der Waals surface area contributed by atoms with Gasteiger partial charge in [-0.15, -0.1) is 11.3 Å². The number of hydrogen-bond donors (Lipinski definition) is 1. The van der Waals surface area contributed by atoms with Crippen LogP contribution in [-0.4, -0.2) is 26.0 Å². The van der Waals surface area contributed by atoms with Crippen LogP contribution >= 0.6 is 11.3 Å². The molecule has 0 unspecified atom stereocenters. The first kappa shape index (κ1) is 17.6. The summed E-state index contributed by atoms with van der Waals surface area (Å²) in [7, 11) is -3.73. The fraction of sp³-hybridized carbons (Fsp3) is 0.294. The Balaban J connectivity index is 1.84. The van der Waals surface area contributed by atoms with Gasteiger partial charge in [0, 0.05) is 10.4 Å². The number of hydrogen-bond acceptors (Lipinski definition) is 5. The highest BCUT2D eigenvalue weighted by Gasteiger charge is 2.49. The number of nitrogens with zero attached hydrogens (tertiary/aromatic N) is 1. The van der Waals surface area contributed by atoms with E-state index in [0.29, 0.717) is 12.1 Å². The third kappa shape index (κ3) is 3.45. The van der Waals surface area contributed by atoms with Crippen molar-refractivity contribution in [2.24, 2.45) is 5.41 Å². The van der Waals surface area contributed by atoms with E-state index in [4.69, 9.17) is 0 Å². The minimum Gasteiger partial charge on any atom is -0.347 e. The van der Waals surface area contributed by atoms with Crippen molar-refractivity contribution >= 4 is 38.9 Å². The molecule has 1 aliphatic rings. The highest BCUT2D eigenvalue weighted by molar-refractivity contribution is 7.94. The summed E-state index contributed by atoms with van der Waals surface area (Å²) in [6, 6.07) is 9.93. The Morgan fingerprint density at radius 3 is 2.64 bits per heavy atom. The van der Waals surface area contributed by atoms with Crippen molar-refractivity contribution in [1.82, 2.24) is 5.32 Å². The Bertz CT molecular complexity index is 918. The Morgan fingerprint density at radius 1 is 1.28 bits per heavy atom. The molecule has 0 spiro atoms. The summed E-state index contributed by atoms with van der Waals surface area (Å²) in [6.45, 7) is 3.60. The third-order valence-corrected chi connectivity index (χ3v) is 6.83. The number of amides is 2. The fourth-order valence-electron chi connectivity index (χ4n) is 2.72. The highest BCUT2D eigenvalue weighted by Crippen LogP contribution is 2.35. The lowest BCUT2D eigenvalue weighted by Crippen LogP contribution is -2.33. The lowest BCUT2D eigenvalue weighted by Gasteiger charge is -2.18. The van der Waals surface area contributed by atoms with Crippen molar-refractivity contribution in [1.29, 1.82) is 0 Å². The van der Waals surface area contributed by atoms with E-state index in [2.05, 4.69) is 5.32 Å². The van der Waals surface area contributed by atoms with Crippen LogP contribution in [0, 0.1) is 5.41 Å². The maximum absolute atomic E-state index is 12.5. The maximum Gasteiger partial charge on any atom is 0.251 e. The number of carbonyl (C=O) groups excluding carboxylic acids is 2. The molecule has 3 rings (SSSR count). The smallest absolute Gasteiger partial charge is 0.251 e. The molecule has 1 fully saturated rings. The Morgan fingerprint density at radius 2 is 2.04 bits per heavy atom. The minimum atomic E-state index is -3.73. The van der Waals surface area contributed by atoms with Gasteiger partial charge < -0.3 is 5.32 Å². The van der Waals surface area contributed by atoms with Crippen LogP contribution in [0.2, 0.25) is 0 Å². The molecule has 0 radical (unpaired) electrons. The second-order valence-corrected chi connectivity index (χ2v) is 9.37. The van der Waals surface area contributed by atoms with Crippen LogP contribution in [0.5, 0.6) is 0 Å². The molecule has 1 aliphatic heterocycles. The summed E-state index contributed by atoms with van der Waals surface area (Å²) >= 11 is 1.54. The van der Waals surface area contributed by atoms with Crippen LogP contribution in [-0.2, 0) is 21.4 Å². The van der Waals surface area contributed by atoms with Crippen LogP contribution < -0.4 is 9.62 Å². The van der Waals surface area contributed by atoms with Gasteiger partial charge in [0.25, 0.3) is 5.91 Å². The zero-order valence-electron chi connectivity index (χ0n) is 13.9. The van der Waals surface area contributed by atoms with E-state index >= 15 is 0 Å². The van der Waals surface area contributed by atoms with Crippen molar-refractivity contribution in [3.05, 3.63) is 52.2 Å². The predicted octanol–water partition coefficient (Wildman–Crippen LogP) is 2.38. The second kappa shape index (κ2) is 6.27. The van der Waals surface area contributed by atoms with E-state index in [1.807, 2.05) is 17.5 Å². The van der Waals surface area contributed by atoms with Crippen LogP contribution in [0.4, 0.5) is 5.69 Å². The van der Waals surface area contributed by atoms with Gasteiger partial charge in [0.1, 0.15) is 0 Å². The molecular formula is C17H18N2O4S2. The Kier molecular flexibility index (Phi) is 4.42. The SMILES string of the molecule is CC1(C)CS(=O)(=O)N(c2cccc(C(=O)NCc3cccs3)c2)C1=O. The minimum absolute atomic E-state index is 0.194. The van der Waals surface area contributed by atoms with Crippen molar-refractivity contribution in [3.63, 3.8) is 0 Å². The van der Waals surface area contributed by atoms with Gasteiger partial charge >= 0.3 is 0 Å². The zero-order valence-corrected chi connectivity index (χ0v) is 15.5. The van der Waals surface area contributed by atoms with Gasteiger partial charge in [0.2, 0.25) is 15.9 Å². The first-order valence-corrected chi connectivity index (χ1v) is 10.2. The summed E-state index contributed by atoms with van der Waals surface area (Å²) in [6.07, 6.45) is 0. The maximum atomic E-state index is 12.5. The largest absolute Gasteiger partial charge is 0.347 e. The number of carbonyl (C=O) groups is 2. The molecule has 0 aliphatic carbocycles. The Hall–Kier alpha value is -2.19. The zero-order chi connectivity index (χ0) is 18.2. The molecule has 0 atom stereocenters. The van der Waals surface area contributed by atoms with Crippen molar-refractivity contribution in [3.8, 4) is 0 Å². The van der Waals surface area contributed by atoms with Gasteiger partial charge in [0.05, 0.1) is 23.4 Å². The molecule has 1 saturated heterocycles. The van der Waals surface area contributed by atoms with Crippen LogP contribution in [0.15, 0.2) is 41.8 Å². The summed E-state index contributed by atoms with van der Waals surface area (Å²) < 4.78 is 25.5. The van der Waals surface area contributed by atoms with Crippen LogP contribution in [0.1, 0.15) is 29.1 Å². The average molecular weight is 378 g/mol. The standard InChI is InChI=1S/C17H18N2O4S2/c1-17(2)11-25(22,23)19(16(17)21)13-6-3-5-12(9-13)15(20)18-10-14-7-4-8-24-14/h3-9H,10-11H2,1-2H3,(H,18,20). The molecule has 132 valence electrons. The molecule has 1 aromatic carbocycles. The molecular weight excluding hydrogens is 360 g/mol. The Labute approximate surface area is 150 Å². The third-order valence-electron chi connectivity index (χ3n) is 3.93. The molecule has 2 aromatic rings. The summed E-state index contributed by atoms with van der Waals surface area (Å²) in [5, 5.41) is 4.71. The number of nitrogens with one attached hydrogen (secondary N) is 1. The molecule has 8 heteroatoms. The molecule has 1 aromatic heterocycles. The first-order chi connectivity index (χ1) is 11.7. The van der Waals surface area contributed by atoms with Gasteiger partial charge in [-0.05, 0) is 43.5 Å². The molecule has 0 saturated carbocycles.